The van der Waals surface area contributed by atoms with Gasteiger partial charge in [0.05, 0.1) is 10.7 Å². The first-order chi connectivity index (χ1) is 17.0. The van der Waals surface area contributed by atoms with Crippen LogP contribution in [0.25, 0.3) is 28.2 Å². The SMILES string of the molecule is Cc1c(C(=O)NC2CCCCC2)nc(-c2ccc(Cl)cc2Cl)n1-c1ccc(-c2ccccc2)cc1. The number of rotatable bonds is 5. The summed E-state index contributed by atoms with van der Waals surface area (Å²) in [5.41, 5.74) is 5.09. The fourth-order valence-electron chi connectivity index (χ4n) is 4.82. The first kappa shape index (κ1) is 23.7. The van der Waals surface area contributed by atoms with Crippen LogP contribution < -0.4 is 5.32 Å². The number of imidazole rings is 1. The maximum atomic E-state index is 13.3. The van der Waals surface area contributed by atoms with E-state index in [1.54, 1.807) is 12.1 Å². The first-order valence-electron chi connectivity index (χ1n) is 12.0. The predicted molar refractivity (Wildman–Crippen MR) is 144 cm³/mol. The maximum Gasteiger partial charge on any atom is 0.272 e. The number of nitrogens with one attached hydrogen (secondary N) is 1. The van der Waals surface area contributed by atoms with E-state index >= 15 is 0 Å². The Morgan fingerprint density at radius 1 is 0.914 bits per heavy atom. The zero-order valence-corrected chi connectivity index (χ0v) is 21.1. The second-order valence-corrected chi connectivity index (χ2v) is 9.89. The van der Waals surface area contributed by atoms with Crippen molar-refractivity contribution in [2.75, 3.05) is 0 Å². The van der Waals surface area contributed by atoms with Gasteiger partial charge in [0.15, 0.2) is 0 Å². The van der Waals surface area contributed by atoms with Gasteiger partial charge in [-0.15, -0.1) is 0 Å². The van der Waals surface area contributed by atoms with Gasteiger partial charge in [-0.2, -0.15) is 0 Å². The van der Waals surface area contributed by atoms with Crippen LogP contribution in [0.5, 0.6) is 0 Å². The highest BCUT2D eigenvalue weighted by Gasteiger charge is 2.25. The Morgan fingerprint density at radius 3 is 2.29 bits per heavy atom. The molecule has 4 nitrogen and oxygen atoms in total. The quantitative estimate of drug-likeness (QED) is 0.301. The van der Waals surface area contributed by atoms with Gasteiger partial charge in [-0.05, 0) is 61.2 Å². The van der Waals surface area contributed by atoms with Crippen molar-refractivity contribution in [3.05, 3.63) is 94.2 Å². The predicted octanol–water partition coefficient (Wildman–Crippen LogP) is 7.88. The third kappa shape index (κ3) is 5.00. The molecular formula is C29H27Cl2N3O. The molecule has 0 bridgehead atoms. The molecule has 6 heteroatoms. The molecule has 178 valence electrons. The molecule has 1 fully saturated rings. The Hall–Kier alpha value is -3.08. The van der Waals surface area contributed by atoms with E-state index in [1.165, 1.54) is 6.42 Å². The van der Waals surface area contributed by atoms with Gasteiger partial charge < -0.3 is 5.32 Å². The van der Waals surface area contributed by atoms with Crippen molar-refractivity contribution in [2.45, 2.75) is 45.1 Å². The second-order valence-electron chi connectivity index (χ2n) is 9.05. The van der Waals surface area contributed by atoms with Crippen LogP contribution in [-0.2, 0) is 0 Å². The fraction of sp³-hybridized carbons (Fsp3) is 0.241. The maximum absolute atomic E-state index is 13.3. The van der Waals surface area contributed by atoms with Crippen molar-refractivity contribution in [3.8, 4) is 28.2 Å². The van der Waals surface area contributed by atoms with Crippen LogP contribution in [-0.4, -0.2) is 21.5 Å². The molecule has 1 aliphatic rings. The minimum Gasteiger partial charge on any atom is -0.348 e. The summed E-state index contributed by atoms with van der Waals surface area (Å²) >= 11 is 12.7. The van der Waals surface area contributed by atoms with Crippen LogP contribution in [0.2, 0.25) is 10.0 Å². The zero-order valence-electron chi connectivity index (χ0n) is 19.6. The van der Waals surface area contributed by atoms with E-state index in [2.05, 4.69) is 29.6 Å². The average molecular weight is 504 g/mol. The number of carbonyl (C=O) groups is 1. The Kier molecular flexibility index (Phi) is 6.94. The third-order valence-corrected chi connectivity index (χ3v) is 7.22. The van der Waals surface area contributed by atoms with Crippen molar-refractivity contribution in [3.63, 3.8) is 0 Å². The number of benzene rings is 3. The van der Waals surface area contributed by atoms with Gasteiger partial charge in [0, 0.05) is 22.3 Å². The largest absolute Gasteiger partial charge is 0.348 e. The van der Waals surface area contributed by atoms with E-state index < -0.39 is 0 Å². The molecule has 4 aromatic rings. The molecule has 0 radical (unpaired) electrons. The molecular weight excluding hydrogens is 477 g/mol. The Labute approximate surface area is 215 Å². The lowest BCUT2D eigenvalue weighted by Gasteiger charge is -2.22. The van der Waals surface area contributed by atoms with Gasteiger partial charge in [0.1, 0.15) is 11.5 Å². The first-order valence-corrected chi connectivity index (χ1v) is 12.8. The van der Waals surface area contributed by atoms with Crippen molar-refractivity contribution in [1.29, 1.82) is 0 Å². The number of hydrogen-bond acceptors (Lipinski definition) is 2. The summed E-state index contributed by atoms with van der Waals surface area (Å²) in [6.07, 6.45) is 5.57. The number of amides is 1. The van der Waals surface area contributed by atoms with E-state index in [-0.39, 0.29) is 11.9 Å². The number of carbonyl (C=O) groups excluding carboxylic acids is 1. The molecule has 1 saturated carbocycles. The van der Waals surface area contributed by atoms with Crippen LogP contribution in [0.1, 0.15) is 48.3 Å². The number of aromatic nitrogens is 2. The molecule has 0 aliphatic heterocycles. The molecule has 1 heterocycles. The summed E-state index contributed by atoms with van der Waals surface area (Å²) in [5, 5.41) is 4.25. The summed E-state index contributed by atoms with van der Waals surface area (Å²) < 4.78 is 2.00. The Morgan fingerprint density at radius 2 is 1.60 bits per heavy atom. The van der Waals surface area contributed by atoms with Gasteiger partial charge >= 0.3 is 0 Å². The molecule has 35 heavy (non-hydrogen) atoms. The van der Waals surface area contributed by atoms with Gasteiger partial charge in [0.2, 0.25) is 0 Å². The van der Waals surface area contributed by atoms with Crippen LogP contribution in [0.3, 0.4) is 0 Å². The van der Waals surface area contributed by atoms with Crippen LogP contribution >= 0.6 is 23.2 Å². The zero-order chi connectivity index (χ0) is 24.4. The van der Waals surface area contributed by atoms with E-state index in [9.17, 15) is 4.79 Å². The van der Waals surface area contributed by atoms with Crippen molar-refractivity contribution >= 4 is 29.1 Å². The highest BCUT2D eigenvalue weighted by atomic mass is 35.5. The fourth-order valence-corrected chi connectivity index (χ4v) is 5.31. The third-order valence-electron chi connectivity index (χ3n) is 6.67. The average Bonchev–Trinajstić information content (AvgIpc) is 3.22. The minimum atomic E-state index is -0.139. The highest BCUT2D eigenvalue weighted by Crippen LogP contribution is 2.34. The summed E-state index contributed by atoms with van der Waals surface area (Å²) in [6, 6.07) is 24.0. The number of halogens is 2. The Balaban J connectivity index is 1.57. The van der Waals surface area contributed by atoms with E-state index in [0.29, 0.717) is 21.6 Å². The molecule has 0 spiro atoms. The molecule has 0 atom stereocenters. The lowest BCUT2D eigenvalue weighted by atomic mass is 9.95. The normalized spacial score (nSPS) is 14.1. The molecule has 1 aromatic heterocycles. The monoisotopic (exact) mass is 503 g/mol. The van der Waals surface area contributed by atoms with E-state index in [1.807, 2.05) is 47.9 Å². The minimum absolute atomic E-state index is 0.139. The summed E-state index contributed by atoms with van der Waals surface area (Å²) in [6.45, 7) is 1.93. The molecule has 1 amide bonds. The van der Waals surface area contributed by atoms with E-state index in [4.69, 9.17) is 28.2 Å². The molecule has 3 aromatic carbocycles. The molecule has 0 saturated heterocycles. The van der Waals surface area contributed by atoms with E-state index in [0.717, 1.165) is 53.8 Å². The van der Waals surface area contributed by atoms with Crippen molar-refractivity contribution in [2.24, 2.45) is 0 Å². The smallest absolute Gasteiger partial charge is 0.272 e. The standard InChI is InChI=1S/C29H27Cl2N3O/c1-19-27(29(35)32-23-10-6-3-7-11-23)33-28(25-17-14-22(30)18-26(25)31)34(19)24-15-12-21(13-16-24)20-8-4-2-5-9-20/h2,4-5,8-9,12-18,23H,3,6-7,10-11H2,1H3,(H,32,35). The Bertz CT molecular complexity index is 1340. The van der Waals surface area contributed by atoms with Crippen molar-refractivity contribution < 1.29 is 4.79 Å². The summed E-state index contributed by atoms with van der Waals surface area (Å²) in [5.74, 6) is 0.478. The van der Waals surface area contributed by atoms with Gasteiger partial charge in [0.25, 0.3) is 5.91 Å². The lowest BCUT2D eigenvalue weighted by molar-refractivity contribution is 0.0922. The van der Waals surface area contributed by atoms with Gasteiger partial charge in [-0.3, -0.25) is 9.36 Å². The highest BCUT2D eigenvalue weighted by molar-refractivity contribution is 6.36. The molecule has 1 aliphatic carbocycles. The van der Waals surface area contributed by atoms with Crippen LogP contribution in [0.15, 0.2) is 72.8 Å². The van der Waals surface area contributed by atoms with Crippen LogP contribution in [0.4, 0.5) is 0 Å². The molecule has 1 N–H and O–H groups in total. The summed E-state index contributed by atoms with van der Waals surface area (Å²) in [7, 11) is 0. The second kappa shape index (κ2) is 10.3. The lowest BCUT2D eigenvalue weighted by Crippen LogP contribution is -2.36. The molecule has 5 rings (SSSR count). The van der Waals surface area contributed by atoms with Gasteiger partial charge in [-0.1, -0.05) is 84.9 Å². The number of nitrogens with zero attached hydrogens (tertiary/aromatic N) is 2. The van der Waals surface area contributed by atoms with Crippen LogP contribution in [0, 0.1) is 6.92 Å². The number of hydrogen-bond donors (Lipinski definition) is 1. The molecule has 0 unspecified atom stereocenters. The van der Waals surface area contributed by atoms with Crippen molar-refractivity contribution in [1.82, 2.24) is 14.9 Å². The van der Waals surface area contributed by atoms with Gasteiger partial charge in [-0.25, -0.2) is 4.98 Å². The topological polar surface area (TPSA) is 46.9 Å². The summed E-state index contributed by atoms with van der Waals surface area (Å²) in [4.78, 5) is 18.1.